The van der Waals surface area contributed by atoms with Crippen LogP contribution in [0.5, 0.6) is 0 Å². The molecule has 0 aromatic heterocycles. The van der Waals surface area contributed by atoms with Crippen LogP contribution in [0.3, 0.4) is 0 Å². The number of likely N-dealkylation sites (tertiary alicyclic amines) is 1. The summed E-state index contributed by atoms with van der Waals surface area (Å²) in [7, 11) is 0. The van der Waals surface area contributed by atoms with Crippen molar-refractivity contribution in [1.82, 2.24) is 4.90 Å². The number of fused-ring (bicyclic) bond motifs is 1. The van der Waals surface area contributed by atoms with Gasteiger partial charge in [0.15, 0.2) is 0 Å². The number of carbonyl (C=O) groups is 2. The average molecular weight is 309 g/mol. The summed E-state index contributed by atoms with van der Waals surface area (Å²) in [6, 6.07) is 8.46. The van der Waals surface area contributed by atoms with Gasteiger partial charge in [-0.25, -0.2) is 13.6 Å². The minimum atomic E-state index is -2.95. The summed E-state index contributed by atoms with van der Waals surface area (Å²) in [6.07, 6.45) is 0.415. The Bertz CT molecular complexity index is 564. The van der Waals surface area contributed by atoms with Crippen molar-refractivity contribution in [3.8, 4) is 0 Å². The van der Waals surface area contributed by atoms with Gasteiger partial charge in [0, 0.05) is 17.9 Å². The van der Waals surface area contributed by atoms with Gasteiger partial charge in [0.05, 0.1) is 6.54 Å². The van der Waals surface area contributed by atoms with E-state index in [2.05, 4.69) is 0 Å². The minimum Gasteiger partial charge on any atom is -0.445 e. The second-order valence-corrected chi connectivity index (χ2v) is 5.97. The zero-order valence-corrected chi connectivity index (χ0v) is 12.0. The molecular weight excluding hydrogens is 292 g/mol. The first-order valence-electron chi connectivity index (χ1n) is 7.31. The Morgan fingerprint density at radius 3 is 2.73 bits per heavy atom. The fraction of sp³-hybridized carbons (Fsp3) is 0.500. The molecule has 6 heteroatoms. The van der Waals surface area contributed by atoms with Crippen molar-refractivity contribution in [2.75, 3.05) is 6.54 Å². The van der Waals surface area contributed by atoms with Gasteiger partial charge < -0.3 is 9.53 Å². The van der Waals surface area contributed by atoms with E-state index in [4.69, 9.17) is 4.74 Å². The molecule has 2 fully saturated rings. The molecule has 1 aromatic rings. The first kappa shape index (κ1) is 14.9. The number of amides is 1. The highest BCUT2D eigenvalue weighted by Crippen LogP contribution is 2.48. The van der Waals surface area contributed by atoms with E-state index in [1.807, 2.05) is 18.2 Å². The Balaban J connectivity index is 1.66. The molecule has 3 rings (SSSR count). The fourth-order valence-electron chi connectivity index (χ4n) is 3.43. The van der Waals surface area contributed by atoms with Gasteiger partial charge in [-0.1, -0.05) is 30.3 Å². The van der Waals surface area contributed by atoms with Crippen molar-refractivity contribution in [3.05, 3.63) is 35.9 Å². The van der Waals surface area contributed by atoms with Crippen LogP contribution >= 0.6 is 0 Å². The van der Waals surface area contributed by atoms with Crippen molar-refractivity contribution in [1.29, 1.82) is 0 Å². The summed E-state index contributed by atoms with van der Waals surface area (Å²) in [5, 5.41) is 0. The van der Waals surface area contributed by atoms with E-state index >= 15 is 0 Å². The zero-order valence-electron chi connectivity index (χ0n) is 12.0. The number of rotatable bonds is 3. The smallest absolute Gasteiger partial charge is 0.410 e. The predicted molar refractivity (Wildman–Crippen MR) is 74.3 cm³/mol. The number of ether oxygens (including phenoxy) is 1. The molecule has 118 valence electrons. The maximum atomic E-state index is 14.0. The predicted octanol–water partition coefficient (Wildman–Crippen LogP) is 2.87. The molecule has 0 N–H and O–H groups in total. The van der Waals surface area contributed by atoms with Crippen LogP contribution in [0.4, 0.5) is 13.6 Å². The van der Waals surface area contributed by atoms with E-state index in [9.17, 15) is 18.4 Å². The number of carbonyl (C=O) groups excluding carboxylic acids is 2. The van der Waals surface area contributed by atoms with Gasteiger partial charge in [-0.15, -0.1) is 0 Å². The molecule has 1 aliphatic carbocycles. The van der Waals surface area contributed by atoms with Crippen molar-refractivity contribution in [2.45, 2.75) is 31.4 Å². The van der Waals surface area contributed by atoms with Crippen molar-refractivity contribution < 1.29 is 23.1 Å². The minimum absolute atomic E-state index is 0.0518. The summed E-state index contributed by atoms with van der Waals surface area (Å²) in [5.41, 5.74) is 0.801. The molecule has 1 aromatic carbocycles. The third-order valence-corrected chi connectivity index (χ3v) is 4.52. The van der Waals surface area contributed by atoms with Crippen LogP contribution in [-0.2, 0) is 16.1 Å². The van der Waals surface area contributed by atoms with E-state index in [0.717, 1.165) is 10.5 Å². The number of aldehydes is 1. The Morgan fingerprint density at radius 1 is 1.32 bits per heavy atom. The molecule has 1 heterocycles. The van der Waals surface area contributed by atoms with Crippen molar-refractivity contribution >= 4 is 12.4 Å². The van der Waals surface area contributed by atoms with Crippen LogP contribution in [-0.4, -0.2) is 35.8 Å². The Hall–Kier alpha value is -1.98. The molecule has 1 aliphatic heterocycles. The molecule has 3 unspecified atom stereocenters. The van der Waals surface area contributed by atoms with Crippen molar-refractivity contribution in [2.24, 2.45) is 11.8 Å². The van der Waals surface area contributed by atoms with E-state index < -0.39 is 36.4 Å². The first-order chi connectivity index (χ1) is 10.5. The van der Waals surface area contributed by atoms with E-state index in [0.29, 0.717) is 12.7 Å². The summed E-state index contributed by atoms with van der Waals surface area (Å²) in [5.74, 6) is -4.29. The zero-order chi connectivity index (χ0) is 15.7. The summed E-state index contributed by atoms with van der Waals surface area (Å²) in [4.78, 5) is 24.1. The molecule has 0 spiro atoms. The monoisotopic (exact) mass is 309 g/mol. The number of hydrogen-bond donors (Lipinski definition) is 0. The topological polar surface area (TPSA) is 46.6 Å². The van der Waals surface area contributed by atoms with Crippen LogP contribution in [0.15, 0.2) is 30.3 Å². The molecule has 1 saturated heterocycles. The molecule has 0 bridgehead atoms. The SMILES string of the molecule is O=CC1CC2C(C1)C(F)(F)CN2C(=O)OCc1ccccc1. The number of nitrogens with zero attached hydrogens (tertiary/aromatic N) is 1. The van der Waals surface area contributed by atoms with Gasteiger partial charge in [0.2, 0.25) is 0 Å². The number of hydrogen-bond acceptors (Lipinski definition) is 3. The first-order valence-corrected chi connectivity index (χ1v) is 7.31. The normalized spacial score (nSPS) is 29.2. The highest BCUT2D eigenvalue weighted by Gasteiger charge is 2.59. The molecule has 3 atom stereocenters. The van der Waals surface area contributed by atoms with Crippen molar-refractivity contribution in [3.63, 3.8) is 0 Å². The highest BCUT2D eigenvalue weighted by molar-refractivity contribution is 5.69. The largest absolute Gasteiger partial charge is 0.445 e. The highest BCUT2D eigenvalue weighted by atomic mass is 19.3. The van der Waals surface area contributed by atoms with Gasteiger partial charge in [0.25, 0.3) is 5.92 Å². The lowest BCUT2D eigenvalue weighted by atomic mass is 10.00. The fourth-order valence-corrected chi connectivity index (χ4v) is 3.43. The standard InChI is InChI=1S/C16H17F2NO3/c17-16(18)10-19(14-7-12(8-20)6-13(14)16)15(21)22-9-11-4-2-1-3-5-11/h1-5,8,12-14H,6-7,9-10H2. The van der Waals surface area contributed by atoms with Gasteiger partial charge >= 0.3 is 6.09 Å². The van der Waals surface area contributed by atoms with Crippen LogP contribution in [0.1, 0.15) is 18.4 Å². The Kier molecular flexibility index (Phi) is 3.85. The van der Waals surface area contributed by atoms with Crippen LogP contribution in [0.2, 0.25) is 0 Å². The van der Waals surface area contributed by atoms with Crippen LogP contribution in [0, 0.1) is 11.8 Å². The van der Waals surface area contributed by atoms with E-state index in [1.165, 1.54) is 0 Å². The Morgan fingerprint density at radius 2 is 2.05 bits per heavy atom. The third kappa shape index (κ3) is 2.69. The lowest BCUT2D eigenvalue weighted by Crippen LogP contribution is -2.37. The van der Waals surface area contributed by atoms with Gasteiger partial charge in [-0.05, 0) is 18.4 Å². The molecule has 1 saturated carbocycles. The third-order valence-electron chi connectivity index (χ3n) is 4.52. The van der Waals surface area contributed by atoms with E-state index in [-0.39, 0.29) is 13.0 Å². The molecular formula is C16H17F2NO3. The van der Waals surface area contributed by atoms with Gasteiger partial charge in [-0.2, -0.15) is 0 Å². The van der Waals surface area contributed by atoms with E-state index in [1.54, 1.807) is 12.1 Å². The molecule has 0 radical (unpaired) electrons. The second-order valence-electron chi connectivity index (χ2n) is 5.97. The molecule has 4 nitrogen and oxygen atoms in total. The number of alkyl halides is 2. The lowest BCUT2D eigenvalue weighted by molar-refractivity contribution is -0.111. The molecule has 2 aliphatic rings. The number of halogens is 2. The molecule has 1 amide bonds. The Labute approximate surface area is 127 Å². The maximum absolute atomic E-state index is 14.0. The lowest BCUT2D eigenvalue weighted by Gasteiger charge is -2.22. The molecule has 22 heavy (non-hydrogen) atoms. The average Bonchev–Trinajstić information content (AvgIpc) is 3.05. The van der Waals surface area contributed by atoms with Gasteiger partial charge in [-0.3, -0.25) is 4.90 Å². The summed E-state index contributed by atoms with van der Waals surface area (Å²) < 4.78 is 33.2. The summed E-state index contributed by atoms with van der Waals surface area (Å²) >= 11 is 0. The van der Waals surface area contributed by atoms with Crippen LogP contribution < -0.4 is 0 Å². The second kappa shape index (κ2) is 5.66. The summed E-state index contributed by atoms with van der Waals surface area (Å²) in [6.45, 7) is -0.572. The quantitative estimate of drug-likeness (QED) is 0.807. The number of benzene rings is 1. The van der Waals surface area contributed by atoms with Gasteiger partial charge in [0.1, 0.15) is 12.9 Å². The maximum Gasteiger partial charge on any atom is 0.410 e. The van der Waals surface area contributed by atoms with Crippen LogP contribution in [0.25, 0.3) is 0 Å².